The molecule has 3 N–H and O–H groups in total. The molecular weight excluding hydrogens is 372 g/mol. The van der Waals surface area contributed by atoms with Crippen LogP contribution in [-0.2, 0) is 16.8 Å². The van der Waals surface area contributed by atoms with Gasteiger partial charge in [-0.2, -0.15) is 0 Å². The minimum absolute atomic E-state index is 0.00844. The van der Waals surface area contributed by atoms with Crippen LogP contribution in [0.5, 0.6) is 0 Å². The van der Waals surface area contributed by atoms with Crippen LogP contribution in [0.3, 0.4) is 0 Å². The first-order valence-electron chi connectivity index (χ1n) is 10.2. The highest BCUT2D eigenvalue weighted by Gasteiger charge is 2.46. The van der Waals surface area contributed by atoms with Crippen molar-refractivity contribution in [1.82, 2.24) is 30.5 Å². The number of rotatable bonds is 4. The average Bonchev–Trinajstić information content (AvgIpc) is 3.35. The monoisotopic (exact) mass is 400 g/mol. The predicted octanol–water partition coefficient (Wildman–Crippen LogP) is 1.12. The highest BCUT2D eigenvalue weighted by molar-refractivity contribution is 5.92. The maximum absolute atomic E-state index is 12.8. The van der Waals surface area contributed by atoms with Gasteiger partial charge < -0.3 is 19.6 Å². The standard InChI is InChI=1S/C20H28N6O3/c1-12(2)9-21-18(27)15-8-14-17(23-10-22-14)20(25-15)4-6-26(7-5-20)19(28)16-13(3)24-11-29-16/h10-12,15,25H,4-9H2,1-3H3,(H,21,27)(H,22,23)/t15-/m0/s1. The van der Waals surface area contributed by atoms with Crippen molar-refractivity contribution in [1.29, 1.82) is 0 Å². The zero-order valence-electron chi connectivity index (χ0n) is 17.1. The molecule has 4 rings (SSSR count). The normalized spacial score (nSPS) is 20.7. The number of likely N-dealkylation sites (tertiary alicyclic amines) is 1. The van der Waals surface area contributed by atoms with E-state index in [-0.39, 0.29) is 17.9 Å². The second-order valence-electron chi connectivity index (χ2n) is 8.41. The third-order valence-corrected chi connectivity index (χ3v) is 5.88. The van der Waals surface area contributed by atoms with E-state index in [0.29, 0.717) is 56.3 Å². The van der Waals surface area contributed by atoms with Crippen LogP contribution in [0.1, 0.15) is 54.3 Å². The SMILES string of the molecule is Cc1ncoc1C(=O)N1CCC2(CC1)N[C@H](C(=O)NCC(C)C)Cc1[nH]cnc12. The lowest BCUT2D eigenvalue weighted by Crippen LogP contribution is -2.62. The molecule has 2 aromatic heterocycles. The molecule has 2 aliphatic heterocycles. The minimum Gasteiger partial charge on any atom is -0.438 e. The Hall–Kier alpha value is -2.68. The molecule has 9 nitrogen and oxygen atoms in total. The largest absolute Gasteiger partial charge is 0.438 e. The fourth-order valence-corrected chi connectivity index (χ4v) is 4.26. The molecule has 4 heterocycles. The maximum atomic E-state index is 12.8. The predicted molar refractivity (Wildman–Crippen MR) is 105 cm³/mol. The van der Waals surface area contributed by atoms with Gasteiger partial charge in [-0.1, -0.05) is 13.8 Å². The third-order valence-electron chi connectivity index (χ3n) is 5.88. The van der Waals surface area contributed by atoms with Gasteiger partial charge in [-0.3, -0.25) is 14.9 Å². The first-order chi connectivity index (χ1) is 13.9. The van der Waals surface area contributed by atoms with Crippen molar-refractivity contribution < 1.29 is 14.0 Å². The van der Waals surface area contributed by atoms with Crippen molar-refractivity contribution in [3.8, 4) is 0 Å². The van der Waals surface area contributed by atoms with Crippen LogP contribution in [-0.4, -0.2) is 57.3 Å². The van der Waals surface area contributed by atoms with Crippen LogP contribution in [0.25, 0.3) is 0 Å². The Morgan fingerprint density at radius 2 is 2.10 bits per heavy atom. The van der Waals surface area contributed by atoms with Gasteiger partial charge in [0.05, 0.1) is 29.3 Å². The van der Waals surface area contributed by atoms with Gasteiger partial charge in [0.15, 0.2) is 6.39 Å². The number of hydrogen-bond donors (Lipinski definition) is 3. The van der Waals surface area contributed by atoms with E-state index >= 15 is 0 Å². The Bertz CT molecular complexity index is 894. The van der Waals surface area contributed by atoms with E-state index in [1.165, 1.54) is 6.39 Å². The summed E-state index contributed by atoms with van der Waals surface area (Å²) in [5, 5.41) is 6.60. The molecule has 2 aliphatic rings. The molecule has 0 aliphatic carbocycles. The lowest BCUT2D eigenvalue weighted by Gasteiger charge is -2.46. The maximum Gasteiger partial charge on any atom is 0.291 e. The summed E-state index contributed by atoms with van der Waals surface area (Å²) in [7, 11) is 0. The van der Waals surface area contributed by atoms with Gasteiger partial charge in [0, 0.05) is 31.7 Å². The first kappa shape index (κ1) is 19.6. The fraction of sp³-hybridized carbons (Fsp3) is 0.600. The van der Waals surface area contributed by atoms with E-state index < -0.39 is 5.54 Å². The Morgan fingerprint density at radius 3 is 2.76 bits per heavy atom. The number of aromatic nitrogens is 3. The van der Waals surface area contributed by atoms with E-state index in [1.807, 2.05) is 0 Å². The lowest BCUT2D eigenvalue weighted by molar-refractivity contribution is -0.124. The van der Waals surface area contributed by atoms with Gasteiger partial charge in [0.25, 0.3) is 5.91 Å². The number of nitrogens with one attached hydrogen (secondary N) is 3. The molecule has 156 valence electrons. The Balaban J connectivity index is 1.49. The van der Waals surface area contributed by atoms with Crippen LogP contribution in [0.2, 0.25) is 0 Å². The van der Waals surface area contributed by atoms with Crippen LogP contribution in [0, 0.1) is 12.8 Å². The first-order valence-corrected chi connectivity index (χ1v) is 10.2. The summed E-state index contributed by atoms with van der Waals surface area (Å²) >= 11 is 0. The summed E-state index contributed by atoms with van der Waals surface area (Å²) in [4.78, 5) is 39.1. The quantitative estimate of drug-likeness (QED) is 0.708. The molecule has 0 bridgehead atoms. The van der Waals surface area contributed by atoms with E-state index in [2.05, 4.69) is 39.4 Å². The summed E-state index contributed by atoms with van der Waals surface area (Å²) < 4.78 is 5.27. The Kier molecular flexibility index (Phi) is 5.16. The number of aromatic amines is 1. The van der Waals surface area contributed by atoms with Crippen molar-refractivity contribution in [3.63, 3.8) is 0 Å². The average molecular weight is 400 g/mol. The molecule has 1 spiro atoms. The zero-order valence-corrected chi connectivity index (χ0v) is 17.1. The summed E-state index contributed by atoms with van der Waals surface area (Å²) in [6.45, 7) is 7.68. The summed E-state index contributed by atoms with van der Waals surface area (Å²) in [5.74, 6) is 0.560. The smallest absolute Gasteiger partial charge is 0.291 e. The van der Waals surface area contributed by atoms with E-state index in [4.69, 9.17) is 4.42 Å². The number of hydrogen-bond acceptors (Lipinski definition) is 6. The number of aryl methyl sites for hydroxylation is 1. The molecule has 2 aromatic rings. The van der Waals surface area contributed by atoms with Crippen molar-refractivity contribution in [2.24, 2.45) is 5.92 Å². The molecule has 1 atom stereocenters. The second kappa shape index (κ2) is 7.62. The van der Waals surface area contributed by atoms with Crippen LogP contribution < -0.4 is 10.6 Å². The van der Waals surface area contributed by atoms with Crippen LogP contribution >= 0.6 is 0 Å². The highest BCUT2D eigenvalue weighted by atomic mass is 16.3. The molecular formula is C20H28N6O3. The second-order valence-corrected chi connectivity index (χ2v) is 8.41. The van der Waals surface area contributed by atoms with Crippen molar-refractivity contribution in [2.75, 3.05) is 19.6 Å². The summed E-state index contributed by atoms with van der Waals surface area (Å²) in [6.07, 6.45) is 4.93. The van der Waals surface area contributed by atoms with Gasteiger partial charge >= 0.3 is 0 Å². The van der Waals surface area contributed by atoms with Crippen molar-refractivity contribution in [3.05, 3.63) is 35.6 Å². The topological polar surface area (TPSA) is 116 Å². The van der Waals surface area contributed by atoms with Crippen LogP contribution in [0.4, 0.5) is 0 Å². The molecule has 2 amide bonds. The molecule has 9 heteroatoms. The summed E-state index contributed by atoms with van der Waals surface area (Å²) in [6, 6.07) is -0.319. The molecule has 0 aromatic carbocycles. The summed E-state index contributed by atoms with van der Waals surface area (Å²) in [5.41, 5.74) is 2.15. The van der Waals surface area contributed by atoms with Gasteiger partial charge in [-0.25, -0.2) is 9.97 Å². The third kappa shape index (κ3) is 3.66. The molecule has 1 saturated heterocycles. The van der Waals surface area contributed by atoms with Gasteiger partial charge in [0.2, 0.25) is 11.7 Å². The number of carbonyl (C=O) groups excluding carboxylic acids is 2. The van der Waals surface area contributed by atoms with Gasteiger partial charge in [-0.05, 0) is 25.7 Å². The number of piperidine rings is 1. The number of carbonyl (C=O) groups is 2. The van der Waals surface area contributed by atoms with Gasteiger partial charge in [-0.15, -0.1) is 0 Å². The molecule has 29 heavy (non-hydrogen) atoms. The Morgan fingerprint density at radius 1 is 1.34 bits per heavy atom. The van der Waals surface area contributed by atoms with Crippen molar-refractivity contribution in [2.45, 2.75) is 51.6 Å². The molecule has 0 unspecified atom stereocenters. The number of imidazole rings is 1. The minimum atomic E-state index is -0.416. The number of nitrogens with zero attached hydrogens (tertiary/aromatic N) is 3. The number of oxazole rings is 1. The lowest BCUT2D eigenvalue weighted by atomic mass is 9.78. The Labute approximate surface area is 169 Å². The fourth-order valence-electron chi connectivity index (χ4n) is 4.26. The van der Waals surface area contributed by atoms with E-state index in [0.717, 1.165) is 11.4 Å². The van der Waals surface area contributed by atoms with Crippen LogP contribution in [0.15, 0.2) is 17.1 Å². The van der Waals surface area contributed by atoms with E-state index in [9.17, 15) is 9.59 Å². The molecule has 0 radical (unpaired) electrons. The zero-order chi connectivity index (χ0) is 20.6. The van der Waals surface area contributed by atoms with Gasteiger partial charge in [0.1, 0.15) is 0 Å². The number of fused-ring (bicyclic) bond motifs is 2. The van der Waals surface area contributed by atoms with Crippen molar-refractivity contribution >= 4 is 11.8 Å². The van der Waals surface area contributed by atoms with E-state index in [1.54, 1.807) is 18.2 Å². The highest BCUT2D eigenvalue weighted by Crippen LogP contribution is 2.37. The molecule has 1 fully saturated rings. The number of H-pyrrole nitrogens is 1. The number of amides is 2. The molecule has 0 saturated carbocycles.